The summed E-state index contributed by atoms with van der Waals surface area (Å²) in [5, 5.41) is 0. The van der Waals surface area contributed by atoms with Gasteiger partial charge in [0.25, 0.3) is 0 Å². The molecule has 0 spiro atoms. The van der Waals surface area contributed by atoms with Gasteiger partial charge in [-0.2, -0.15) is 12.2 Å². The van der Waals surface area contributed by atoms with Gasteiger partial charge < -0.3 is 18.2 Å². The summed E-state index contributed by atoms with van der Waals surface area (Å²) in [5.74, 6) is 0. The van der Waals surface area contributed by atoms with Crippen LogP contribution in [-0.4, -0.2) is 0 Å². The van der Waals surface area contributed by atoms with Gasteiger partial charge in [0.2, 0.25) is 0 Å². The molecule has 0 aliphatic heterocycles. The van der Waals surface area contributed by atoms with Crippen LogP contribution in [0, 0.1) is 12.7 Å². The Balaban J connectivity index is 0.000000490. The molecule has 1 aliphatic rings. The monoisotopic (exact) mass is 274 g/mol. The molecule has 0 heterocycles. The van der Waals surface area contributed by atoms with Crippen molar-refractivity contribution in [2.45, 2.75) is 6.42 Å². The smallest absolute Gasteiger partial charge is 0.361 e. The summed E-state index contributed by atoms with van der Waals surface area (Å²) in [4.78, 5) is 0. The summed E-state index contributed by atoms with van der Waals surface area (Å²) in [5.41, 5.74) is 1.08. The third-order valence-electron chi connectivity index (χ3n) is 0.926. The summed E-state index contributed by atoms with van der Waals surface area (Å²) in [6, 6.07) is 0. The zero-order valence-electron chi connectivity index (χ0n) is 4.42. The van der Waals surface area contributed by atoms with Crippen molar-refractivity contribution in [1.29, 1.82) is 0 Å². The molecule has 0 atom stereocenters. The second kappa shape index (κ2) is 3.86. The van der Waals surface area contributed by atoms with E-state index in [9.17, 15) is 0 Å². The number of rotatable bonds is 1. The molecule has 0 radical (unpaired) electrons. The molecule has 40 valence electrons. The maximum Gasteiger partial charge on any atom is 2.00 e. The van der Waals surface area contributed by atoms with E-state index in [1.807, 2.05) is 12.2 Å². The first-order chi connectivity index (χ1) is 3.43. The summed E-state index contributed by atoms with van der Waals surface area (Å²) < 4.78 is 0. The van der Waals surface area contributed by atoms with Crippen LogP contribution in [0.3, 0.4) is 0 Å². The predicted molar refractivity (Wildman–Crippen MR) is 29.4 cm³/mol. The molecule has 1 heteroatoms. The van der Waals surface area contributed by atoms with E-state index in [4.69, 9.17) is 6.58 Å². The molecular weight excluding hydrogens is 268 g/mol. The Morgan fingerprint density at radius 1 is 1.75 bits per heavy atom. The number of allylic oxidation sites excluding steroid dienone is 5. The molecule has 8 heavy (non-hydrogen) atoms. The van der Waals surface area contributed by atoms with Crippen LogP contribution in [0.5, 0.6) is 0 Å². The van der Waals surface area contributed by atoms with Gasteiger partial charge in [-0.1, -0.05) is 0 Å². The summed E-state index contributed by atoms with van der Waals surface area (Å²) >= 11 is 0. The average Bonchev–Trinajstić information content (AvgIpc) is 2.14. The Morgan fingerprint density at radius 2 is 2.50 bits per heavy atom. The van der Waals surface area contributed by atoms with Crippen LogP contribution < -0.4 is 0 Å². The normalized spacial score (nSPS) is 14.8. The third-order valence-corrected chi connectivity index (χ3v) is 0.926. The van der Waals surface area contributed by atoms with Gasteiger partial charge in [0, 0.05) is 0 Å². The molecule has 0 N–H and O–H groups in total. The molecule has 1 rings (SSSR count). The van der Waals surface area contributed by atoms with Gasteiger partial charge >= 0.3 is 21.1 Å². The molecule has 0 aromatic carbocycles. The van der Waals surface area contributed by atoms with Crippen molar-refractivity contribution < 1.29 is 21.1 Å². The van der Waals surface area contributed by atoms with Crippen molar-refractivity contribution in [3.05, 3.63) is 36.5 Å². The van der Waals surface area contributed by atoms with Gasteiger partial charge in [-0.05, 0) is 0 Å². The van der Waals surface area contributed by atoms with Crippen LogP contribution in [0.25, 0.3) is 0 Å². The van der Waals surface area contributed by atoms with Gasteiger partial charge in [0.1, 0.15) is 0 Å². The largest absolute Gasteiger partial charge is 2.00 e. The Morgan fingerprint density at radius 3 is 2.75 bits per heavy atom. The molecule has 0 saturated heterocycles. The van der Waals surface area contributed by atoms with Crippen molar-refractivity contribution >= 4 is 0 Å². The average molecular weight is 274 g/mol. The molecule has 0 saturated carbocycles. The maximum atomic E-state index is 5.17. The SMILES string of the molecule is [CH-]=CC1=[C-]C=CC1.[W+2]. The Labute approximate surface area is 64.2 Å². The van der Waals surface area contributed by atoms with E-state index in [0.717, 1.165) is 12.0 Å². The van der Waals surface area contributed by atoms with Crippen molar-refractivity contribution in [3.63, 3.8) is 0 Å². The molecule has 0 aromatic heterocycles. The zero-order chi connectivity index (χ0) is 5.11. The quantitative estimate of drug-likeness (QED) is 0.638. The van der Waals surface area contributed by atoms with Crippen molar-refractivity contribution in [3.8, 4) is 0 Å². The van der Waals surface area contributed by atoms with E-state index in [1.54, 1.807) is 6.08 Å². The van der Waals surface area contributed by atoms with E-state index in [1.165, 1.54) is 0 Å². The molecule has 1 aliphatic carbocycles. The Kier molecular flexibility index (Phi) is 3.81. The Hall–Kier alpha value is -0.0917. The van der Waals surface area contributed by atoms with Crippen LogP contribution in [-0.2, 0) is 21.1 Å². The second-order valence-electron chi connectivity index (χ2n) is 1.44. The van der Waals surface area contributed by atoms with E-state index >= 15 is 0 Å². The van der Waals surface area contributed by atoms with Crippen LogP contribution in [0.2, 0.25) is 0 Å². The molecule has 0 amide bonds. The Bertz CT molecular complexity index is 131. The minimum absolute atomic E-state index is 0. The summed E-state index contributed by atoms with van der Waals surface area (Å²) in [6.07, 6.45) is 9.41. The first-order valence-corrected chi connectivity index (χ1v) is 2.26. The van der Waals surface area contributed by atoms with Gasteiger partial charge in [0.15, 0.2) is 0 Å². The van der Waals surface area contributed by atoms with Crippen LogP contribution >= 0.6 is 0 Å². The summed E-state index contributed by atoms with van der Waals surface area (Å²) in [7, 11) is 0. The molecule has 0 bridgehead atoms. The van der Waals surface area contributed by atoms with Gasteiger partial charge in [0.05, 0.1) is 0 Å². The molecule has 0 unspecified atom stereocenters. The fraction of sp³-hybridized carbons (Fsp3) is 0.143. The van der Waals surface area contributed by atoms with E-state index in [0.29, 0.717) is 0 Å². The fourth-order valence-corrected chi connectivity index (χ4v) is 0.527. The molecule has 0 fully saturated rings. The summed E-state index contributed by atoms with van der Waals surface area (Å²) in [6.45, 7) is 5.17. The van der Waals surface area contributed by atoms with Crippen molar-refractivity contribution in [1.82, 2.24) is 0 Å². The molecule has 0 nitrogen and oxygen atoms in total. The minimum atomic E-state index is 0. The zero-order valence-corrected chi connectivity index (χ0v) is 7.36. The standard InChI is InChI=1S/C7H6.W/c1-2-7-5-3-4-6-7;/h1-4H,5H2;/q-2;+2. The minimum Gasteiger partial charge on any atom is -0.361 e. The number of hydrogen-bond acceptors (Lipinski definition) is 0. The molecular formula is C7H6W. The van der Waals surface area contributed by atoms with E-state index in [-0.39, 0.29) is 21.1 Å². The van der Waals surface area contributed by atoms with Crippen molar-refractivity contribution in [2.75, 3.05) is 0 Å². The van der Waals surface area contributed by atoms with E-state index in [2.05, 4.69) is 6.08 Å². The molecule has 0 aromatic rings. The third kappa shape index (κ3) is 1.79. The maximum absolute atomic E-state index is 5.17. The predicted octanol–water partition coefficient (Wildman–Crippen LogP) is 1.66. The first-order valence-electron chi connectivity index (χ1n) is 2.26. The first kappa shape index (κ1) is 7.91. The second-order valence-corrected chi connectivity index (χ2v) is 1.44. The van der Waals surface area contributed by atoms with Gasteiger partial charge in [-0.25, -0.2) is 0 Å². The topological polar surface area (TPSA) is 0 Å². The van der Waals surface area contributed by atoms with E-state index < -0.39 is 0 Å². The van der Waals surface area contributed by atoms with Crippen LogP contribution in [0.1, 0.15) is 6.42 Å². The van der Waals surface area contributed by atoms with Crippen LogP contribution in [0.15, 0.2) is 23.8 Å². The van der Waals surface area contributed by atoms with Crippen LogP contribution in [0.4, 0.5) is 0 Å². The van der Waals surface area contributed by atoms with Gasteiger partial charge in [-0.3, -0.25) is 6.08 Å². The van der Waals surface area contributed by atoms with Gasteiger partial charge in [-0.15, -0.1) is 6.42 Å². The van der Waals surface area contributed by atoms with Crippen molar-refractivity contribution in [2.24, 2.45) is 0 Å². The fourth-order valence-electron chi connectivity index (χ4n) is 0.527. The number of hydrogen-bond donors (Lipinski definition) is 0.